The zero-order valence-corrected chi connectivity index (χ0v) is 8.59. The number of phenols is 1. The minimum atomic E-state index is -1.11. The minimum absolute atomic E-state index is 0.00579. The molecule has 0 atom stereocenters. The number of aromatic hydroxyl groups is 1. The number of carbonyl (C=O) groups is 1. The largest absolute Gasteiger partial charge is 0.508 e. The molecule has 17 heavy (non-hydrogen) atoms. The Labute approximate surface area is 96.0 Å². The van der Waals surface area contributed by atoms with Gasteiger partial charge in [0.15, 0.2) is 0 Å². The van der Waals surface area contributed by atoms with Crippen LogP contribution in [0.2, 0.25) is 0 Å². The van der Waals surface area contributed by atoms with Gasteiger partial charge in [-0.25, -0.2) is 9.18 Å². The van der Waals surface area contributed by atoms with Gasteiger partial charge in [0.25, 0.3) is 0 Å². The molecule has 86 valence electrons. The second-order valence-electron chi connectivity index (χ2n) is 3.47. The Morgan fingerprint density at radius 3 is 2.53 bits per heavy atom. The summed E-state index contributed by atoms with van der Waals surface area (Å²) in [5, 5.41) is 18.1. The first-order valence-corrected chi connectivity index (χ1v) is 4.74. The summed E-state index contributed by atoms with van der Waals surface area (Å²) >= 11 is 0. The first-order valence-electron chi connectivity index (χ1n) is 4.74. The number of pyridine rings is 1. The Balaban J connectivity index is 2.52. The molecule has 0 aliphatic rings. The van der Waals surface area contributed by atoms with E-state index in [4.69, 9.17) is 5.11 Å². The van der Waals surface area contributed by atoms with Crippen LogP contribution >= 0.6 is 0 Å². The van der Waals surface area contributed by atoms with Crippen molar-refractivity contribution in [1.82, 2.24) is 4.98 Å². The fourth-order valence-electron chi connectivity index (χ4n) is 1.46. The van der Waals surface area contributed by atoms with E-state index in [1.807, 2.05) is 0 Å². The van der Waals surface area contributed by atoms with Crippen LogP contribution in [-0.4, -0.2) is 21.2 Å². The third kappa shape index (κ3) is 2.39. The molecule has 1 aromatic carbocycles. The average molecular weight is 233 g/mol. The quantitative estimate of drug-likeness (QED) is 0.834. The molecule has 0 spiro atoms. The van der Waals surface area contributed by atoms with Gasteiger partial charge in [0.05, 0.1) is 5.56 Å². The van der Waals surface area contributed by atoms with Crippen molar-refractivity contribution in [2.45, 2.75) is 0 Å². The van der Waals surface area contributed by atoms with Crippen LogP contribution in [0.25, 0.3) is 11.1 Å². The van der Waals surface area contributed by atoms with Crippen LogP contribution < -0.4 is 0 Å². The standard InChI is InChI=1S/C12H8FNO3/c13-10-2-7(3-11(15)4-10)8-1-9(12(16)17)6-14-5-8/h1-6,15H,(H,16,17). The number of benzene rings is 1. The molecule has 0 fully saturated rings. The van der Waals surface area contributed by atoms with Crippen LogP contribution in [0.5, 0.6) is 5.75 Å². The van der Waals surface area contributed by atoms with E-state index < -0.39 is 11.8 Å². The Morgan fingerprint density at radius 2 is 1.88 bits per heavy atom. The summed E-state index contributed by atoms with van der Waals surface area (Å²) in [6, 6.07) is 4.87. The lowest BCUT2D eigenvalue weighted by Crippen LogP contribution is -1.97. The number of hydrogen-bond acceptors (Lipinski definition) is 3. The molecule has 0 unspecified atom stereocenters. The van der Waals surface area contributed by atoms with E-state index in [-0.39, 0.29) is 11.3 Å². The maximum Gasteiger partial charge on any atom is 0.337 e. The SMILES string of the molecule is O=C(O)c1cncc(-c2cc(O)cc(F)c2)c1. The Hall–Kier alpha value is -2.43. The Morgan fingerprint density at radius 1 is 1.12 bits per heavy atom. The van der Waals surface area contributed by atoms with E-state index in [1.165, 1.54) is 30.6 Å². The molecule has 2 N–H and O–H groups in total. The van der Waals surface area contributed by atoms with Gasteiger partial charge < -0.3 is 10.2 Å². The topological polar surface area (TPSA) is 70.4 Å². The highest BCUT2D eigenvalue weighted by Gasteiger charge is 2.07. The van der Waals surface area contributed by atoms with E-state index in [9.17, 15) is 14.3 Å². The number of phenolic OH excluding ortho intramolecular Hbond substituents is 1. The molecule has 0 amide bonds. The first kappa shape index (κ1) is 11.1. The second-order valence-corrected chi connectivity index (χ2v) is 3.47. The van der Waals surface area contributed by atoms with E-state index in [1.54, 1.807) is 0 Å². The molecule has 2 aromatic rings. The highest BCUT2D eigenvalue weighted by Crippen LogP contribution is 2.24. The molecule has 4 nitrogen and oxygen atoms in total. The van der Waals surface area contributed by atoms with Gasteiger partial charge >= 0.3 is 5.97 Å². The molecule has 1 aromatic heterocycles. The van der Waals surface area contributed by atoms with Crippen LogP contribution in [-0.2, 0) is 0 Å². The predicted octanol–water partition coefficient (Wildman–Crippen LogP) is 2.29. The lowest BCUT2D eigenvalue weighted by atomic mass is 10.1. The third-order valence-electron chi connectivity index (χ3n) is 2.20. The van der Waals surface area contributed by atoms with Crippen LogP contribution in [0.1, 0.15) is 10.4 Å². The lowest BCUT2D eigenvalue weighted by molar-refractivity contribution is 0.0696. The van der Waals surface area contributed by atoms with Crippen molar-refractivity contribution in [2.24, 2.45) is 0 Å². The Bertz CT molecular complexity index is 563. The molecule has 1 heterocycles. The summed E-state index contributed by atoms with van der Waals surface area (Å²) in [7, 11) is 0. The maximum atomic E-state index is 13.1. The number of carboxylic acids is 1. The zero-order chi connectivity index (χ0) is 12.4. The highest BCUT2D eigenvalue weighted by atomic mass is 19.1. The van der Waals surface area contributed by atoms with Gasteiger partial charge in [0.2, 0.25) is 0 Å². The third-order valence-corrected chi connectivity index (χ3v) is 2.20. The van der Waals surface area contributed by atoms with Crippen LogP contribution in [0, 0.1) is 5.82 Å². The van der Waals surface area contributed by atoms with Gasteiger partial charge in [-0.2, -0.15) is 0 Å². The van der Waals surface area contributed by atoms with Gasteiger partial charge in [0.1, 0.15) is 11.6 Å². The molecule has 5 heteroatoms. The zero-order valence-electron chi connectivity index (χ0n) is 8.59. The number of hydrogen-bond donors (Lipinski definition) is 2. The van der Waals surface area contributed by atoms with Crippen LogP contribution in [0.15, 0.2) is 36.7 Å². The highest BCUT2D eigenvalue weighted by molar-refractivity contribution is 5.88. The molecule has 0 aliphatic heterocycles. The van der Waals surface area contributed by atoms with Gasteiger partial charge in [-0.1, -0.05) is 0 Å². The van der Waals surface area contributed by atoms with Crippen molar-refractivity contribution in [1.29, 1.82) is 0 Å². The number of halogens is 1. The summed E-state index contributed by atoms with van der Waals surface area (Å²) in [5.74, 6) is -1.93. The molecule has 0 bridgehead atoms. The monoisotopic (exact) mass is 233 g/mol. The number of nitrogens with zero attached hydrogens (tertiary/aromatic N) is 1. The van der Waals surface area contributed by atoms with E-state index in [2.05, 4.69) is 4.98 Å². The van der Waals surface area contributed by atoms with Gasteiger partial charge in [-0.05, 0) is 23.8 Å². The van der Waals surface area contributed by atoms with Gasteiger partial charge in [0, 0.05) is 24.0 Å². The average Bonchev–Trinajstić information content (AvgIpc) is 2.28. The van der Waals surface area contributed by atoms with Crippen LogP contribution in [0.3, 0.4) is 0 Å². The van der Waals surface area contributed by atoms with Crippen molar-refractivity contribution in [2.75, 3.05) is 0 Å². The minimum Gasteiger partial charge on any atom is -0.508 e. The summed E-state index contributed by atoms with van der Waals surface area (Å²) < 4.78 is 13.1. The number of aromatic nitrogens is 1. The van der Waals surface area contributed by atoms with Crippen molar-refractivity contribution in [3.8, 4) is 16.9 Å². The van der Waals surface area contributed by atoms with Crippen molar-refractivity contribution < 1.29 is 19.4 Å². The van der Waals surface area contributed by atoms with Crippen molar-refractivity contribution in [3.05, 3.63) is 48.0 Å². The fraction of sp³-hybridized carbons (Fsp3) is 0. The number of aromatic carboxylic acids is 1. The predicted molar refractivity (Wildman–Crippen MR) is 58.3 cm³/mol. The molecule has 0 saturated heterocycles. The van der Waals surface area contributed by atoms with Crippen LogP contribution in [0.4, 0.5) is 4.39 Å². The summed E-state index contributed by atoms with van der Waals surface area (Å²) in [6.45, 7) is 0. The molecular weight excluding hydrogens is 225 g/mol. The smallest absolute Gasteiger partial charge is 0.337 e. The summed E-state index contributed by atoms with van der Waals surface area (Å²) in [6.07, 6.45) is 2.60. The first-order chi connectivity index (χ1) is 8.06. The summed E-state index contributed by atoms with van der Waals surface area (Å²) in [5.41, 5.74) is 0.809. The van der Waals surface area contributed by atoms with E-state index in [0.717, 1.165) is 6.07 Å². The van der Waals surface area contributed by atoms with E-state index >= 15 is 0 Å². The Kier molecular flexibility index (Phi) is 2.74. The number of carboxylic acid groups (broad SMARTS) is 1. The van der Waals surface area contributed by atoms with Crippen molar-refractivity contribution in [3.63, 3.8) is 0 Å². The second kappa shape index (κ2) is 4.21. The van der Waals surface area contributed by atoms with E-state index in [0.29, 0.717) is 11.1 Å². The lowest BCUT2D eigenvalue weighted by Gasteiger charge is -2.03. The maximum absolute atomic E-state index is 13.1. The van der Waals surface area contributed by atoms with Crippen molar-refractivity contribution >= 4 is 5.97 Å². The normalized spacial score (nSPS) is 10.2. The number of rotatable bonds is 2. The molecule has 0 radical (unpaired) electrons. The fourth-order valence-corrected chi connectivity index (χ4v) is 1.46. The molecule has 2 rings (SSSR count). The molecule has 0 saturated carbocycles. The molecular formula is C12H8FNO3. The molecule has 0 aliphatic carbocycles. The van der Waals surface area contributed by atoms with Gasteiger partial charge in [-0.15, -0.1) is 0 Å². The van der Waals surface area contributed by atoms with Gasteiger partial charge in [-0.3, -0.25) is 4.98 Å². The summed E-state index contributed by atoms with van der Waals surface area (Å²) in [4.78, 5) is 14.5.